The molecule has 0 amide bonds. The molecule has 2 aromatic carbocycles. The molecule has 0 bridgehead atoms. The van der Waals surface area contributed by atoms with Crippen LogP contribution in [0.25, 0.3) is 0 Å². The van der Waals surface area contributed by atoms with Gasteiger partial charge in [0.25, 0.3) is 0 Å². The molecule has 92 valence electrons. The standard InChI is InChI=1S/C17H18O/c1-3-7-15-10-11-17(18-2)13-16(15)12-14-8-5-4-6-9-14/h3-6,8-11,13H,1,7,12H2,2H3. The Labute approximate surface area is 109 Å². The van der Waals surface area contributed by atoms with E-state index < -0.39 is 0 Å². The van der Waals surface area contributed by atoms with Crippen molar-refractivity contribution in [2.75, 3.05) is 7.11 Å². The van der Waals surface area contributed by atoms with Gasteiger partial charge in [-0.05, 0) is 41.7 Å². The fraction of sp³-hybridized carbons (Fsp3) is 0.176. The molecule has 0 radical (unpaired) electrons. The van der Waals surface area contributed by atoms with E-state index in [1.165, 1.54) is 16.7 Å². The van der Waals surface area contributed by atoms with Crippen LogP contribution in [-0.2, 0) is 12.8 Å². The minimum absolute atomic E-state index is 0.895. The van der Waals surface area contributed by atoms with Crippen molar-refractivity contribution in [3.8, 4) is 5.75 Å². The lowest BCUT2D eigenvalue weighted by atomic mass is 9.97. The van der Waals surface area contributed by atoms with Crippen molar-refractivity contribution in [1.29, 1.82) is 0 Å². The number of methoxy groups -OCH3 is 1. The summed E-state index contributed by atoms with van der Waals surface area (Å²) >= 11 is 0. The zero-order valence-electron chi connectivity index (χ0n) is 10.7. The first-order valence-electron chi connectivity index (χ1n) is 6.14. The summed E-state index contributed by atoms with van der Waals surface area (Å²) < 4.78 is 5.30. The molecule has 0 N–H and O–H groups in total. The monoisotopic (exact) mass is 238 g/mol. The third kappa shape index (κ3) is 3.01. The lowest BCUT2D eigenvalue weighted by Gasteiger charge is -2.10. The summed E-state index contributed by atoms with van der Waals surface area (Å²) in [5.41, 5.74) is 3.94. The van der Waals surface area contributed by atoms with Gasteiger partial charge in [-0.25, -0.2) is 0 Å². The molecule has 0 spiro atoms. The summed E-state index contributed by atoms with van der Waals surface area (Å²) in [4.78, 5) is 0. The Balaban J connectivity index is 2.31. The van der Waals surface area contributed by atoms with Crippen molar-refractivity contribution in [1.82, 2.24) is 0 Å². The van der Waals surface area contributed by atoms with Crippen molar-refractivity contribution in [3.63, 3.8) is 0 Å². The second-order valence-electron chi connectivity index (χ2n) is 4.29. The SMILES string of the molecule is C=CCc1ccc(OC)cc1Cc1ccccc1. The summed E-state index contributed by atoms with van der Waals surface area (Å²) in [6, 6.07) is 16.7. The van der Waals surface area contributed by atoms with Gasteiger partial charge in [0.05, 0.1) is 7.11 Å². The van der Waals surface area contributed by atoms with Crippen LogP contribution in [0, 0.1) is 0 Å². The Morgan fingerprint density at radius 3 is 2.50 bits per heavy atom. The molecule has 0 aliphatic carbocycles. The van der Waals surface area contributed by atoms with Crippen LogP contribution in [0.1, 0.15) is 16.7 Å². The number of rotatable bonds is 5. The molecule has 0 aromatic heterocycles. The van der Waals surface area contributed by atoms with Gasteiger partial charge in [0.1, 0.15) is 5.75 Å². The predicted molar refractivity (Wildman–Crippen MR) is 76.1 cm³/mol. The molecule has 0 atom stereocenters. The van der Waals surface area contributed by atoms with Crippen LogP contribution in [0.3, 0.4) is 0 Å². The van der Waals surface area contributed by atoms with Crippen LogP contribution >= 0.6 is 0 Å². The molecule has 1 heteroatoms. The molecule has 0 heterocycles. The molecule has 2 aromatic rings. The van der Waals surface area contributed by atoms with Gasteiger partial charge in [0.15, 0.2) is 0 Å². The average molecular weight is 238 g/mol. The lowest BCUT2D eigenvalue weighted by molar-refractivity contribution is 0.414. The normalized spacial score (nSPS) is 10.1. The Kier molecular flexibility index (Phi) is 4.19. The molecular formula is C17H18O. The van der Waals surface area contributed by atoms with Crippen molar-refractivity contribution < 1.29 is 4.74 Å². The van der Waals surface area contributed by atoms with Gasteiger partial charge >= 0.3 is 0 Å². The zero-order valence-corrected chi connectivity index (χ0v) is 10.7. The summed E-state index contributed by atoms with van der Waals surface area (Å²) in [7, 11) is 1.70. The molecule has 0 unspecified atom stereocenters. The van der Waals surface area contributed by atoms with E-state index in [1.807, 2.05) is 18.2 Å². The Morgan fingerprint density at radius 1 is 1.06 bits per heavy atom. The highest BCUT2D eigenvalue weighted by Crippen LogP contribution is 2.21. The molecule has 1 nitrogen and oxygen atoms in total. The first-order chi connectivity index (χ1) is 8.83. The van der Waals surface area contributed by atoms with Crippen LogP contribution < -0.4 is 4.74 Å². The number of allylic oxidation sites excluding steroid dienone is 1. The van der Waals surface area contributed by atoms with Crippen molar-refractivity contribution in [2.24, 2.45) is 0 Å². The third-order valence-corrected chi connectivity index (χ3v) is 3.02. The van der Waals surface area contributed by atoms with Gasteiger partial charge in [0, 0.05) is 0 Å². The van der Waals surface area contributed by atoms with Crippen molar-refractivity contribution in [2.45, 2.75) is 12.8 Å². The molecule has 0 aliphatic rings. The smallest absolute Gasteiger partial charge is 0.119 e. The molecule has 0 saturated carbocycles. The van der Waals surface area contributed by atoms with Crippen LogP contribution in [0.5, 0.6) is 5.75 Å². The number of hydrogen-bond donors (Lipinski definition) is 0. The molecular weight excluding hydrogens is 220 g/mol. The Bertz CT molecular complexity index is 514. The summed E-state index contributed by atoms with van der Waals surface area (Å²) in [6.07, 6.45) is 3.77. The topological polar surface area (TPSA) is 9.23 Å². The summed E-state index contributed by atoms with van der Waals surface area (Å²) in [6.45, 7) is 3.82. The van der Waals surface area contributed by atoms with Crippen molar-refractivity contribution >= 4 is 0 Å². The lowest BCUT2D eigenvalue weighted by Crippen LogP contribution is -1.96. The molecule has 0 aliphatic heterocycles. The Morgan fingerprint density at radius 2 is 1.83 bits per heavy atom. The van der Waals surface area contributed by atoms with Gasteiger partial charge in [-0.3, -0.25) is 0 Å². The maximum atomic E-state index is 5.30. The van der Waals surface area contributed by atoms with E-state index in [9.17, 15) is 0 Å². The van der Waals surface area contributed by atoms with E-state index in [0.717, 1.165) is 18.6 Å². The molecule has 0 saturated heterocycles. The molecule has 18 heavy (non-hydrogen) atoms. The van der Waals surface area contributed by atoms with Gasteiger partial charge in [-0.1, -0.05) is 42.5 Å². The number of benzene rings is 2. The molecule has 0 fully saturated rings. The second-order valence-corrected chi connectivity index (χ2v) is 4.29. The second kappa shape index (κ2) is 6.06. The highest BCUT2D eigenvalue weighted by molar-refractivity contribution is 5.39. The van der Waals surface area contributed by atoms with Gasteiger partial charge in [-0.15, -0.1) is 6.58 Å². The van der Waals surface area contributed by atoms with E-state index in [-0.39, 0.29) is 0 Å². The first-order valence-corrected chi connectivity index (χ1v) is 6.14. The van der Waals surface area contributed by atoms with E-state index in [1.54, 1.807) is 7.11 Å². The summed E-state index contributed by atoms with van der Waals surface area (Å²) in [5.74, 6) is 0.911. The van der Waals surface area contributed by atoms with E-state index in [0.29, 0.717) is 0 Å². The average Bonchev–Trinajstić information content (AvgIpc) is 2.42. The van der Waals surface area contributed by atoms with E-state index in [4.69, 9.17) is 4.74 Å². The number of ether oxygens (including phenoxy) is 1. The fourth-order valence-electron chi connectivity index (χ4n) is 2.06. The maximum absolute atomic E-state index is 5.30. The predicted octanol–water partition coefficient (Wildman–Crippen LogP) is 4.01. The van der Waals surface area contributed by atoms with E-state index in [2.05, 4.69) is 43.0 Å². The minimum Gasteiger partial charge on any atom is -0.497 e. The zero-order chi connectivity index (χ0) is 12.8. The highest BCUT2D eigenvalue weighted by Gasteiger charge is 2.04. The number of hydrogen-bond acceptors (Lipinski definition) is 1. The van der Waals surface area contributed by atoms with Gasteiger partial charge in [0.2, 0.25) is 0 Å². The van der Waals surface area contributed by atoms with Crippen LogP contribution in [0.15, 0.2) is 61.2 Å². The quantitative estimate of drug-likeness (QED) is 0.715. The first kappa shape index (κ1) is 12.4. The van der Waals surface area contributed by atoms with Crippen LogP contribution in [0.2, 0.25) is 0 Å². The van der Waals surface area contributed by atoms with Crippen LogP contribution in [0.4, 0.5) is 0 Å². The fourth-order valence-corrected chi connectivity index (χ4v) is 2.06. The highest BCUT2D eigenvalue weighted by atomic mass is 16.5. The van der Waals surface area contributed by atoms with Crippen LogP contribution in [-0.4, -0.2) is 7.11 Å². The Hall–Kier alpha value is -2.02. The van der Waals surface area contributed by atoms with Gasteiger partial charge < -0.3 is 4.74 Å². The van der Waals surface area contributed by atoms with E-state index >= 15 is 0 Å². The summed E-state index contributed by atoms with van der Waals surface area (Å²) in [5, 5.41) is 0. The minimum atomic E-state index is 0.895. The third-order valence-electron chi connectivity index (χ3n) is 3.02. The molecule has 2 rings (SSSR count). The maximum Gasteiger partial charge on any atom is 0.119 e. The van der Waals surface area contributed by atoms with Gasteiger partial charge in [-0.2, -0.15) is 0 Å². The van der Waals surface area contributed by atoms with Crippen molar-refractivity contribution in [3.05, 3.63) is 77.9 Å². The largest absolute Gasteiger partial charge is 0.497 e.